The molecule has 1 nitrogen and oxygen atoms in total. The van der Waals surface area contributed by atoms with Gasteiger partial charge in [0.05, 0.1) is 0 Å². The minimum absolute atomic E-state index is 0.278. The molecule has 0 aliphatic heterocycles. The molecule has 0 N–H and O–H groups in total. The molecule has 0 amide bonds. The van der Waals surface area contributed by atoms with Crippen molar-refractivity contribution in [3.05, 3.63) is 63.9 Å². The van der Waals surface area contributed by atoms with E-state index < -0.39 is 0 Å². The zero-order valence-electron chi connectivity index (χ0n) is 9.41. The van der Waals surface area contributed by atoms with Crippen molar-refractivity contribution in [3.63, 3.8) is 0 Å². The van der Waals surface area contributed by atoms with Crippen LogP contribution in [0.1, 0.15) is 11.1 Å². The van der Waals surface area contributed by atoms with Gasteiger partial charge in [-0.1, -0.05) is 34.1 Å². The topological polar surface area (TPSA) is 9.23 Å². The average molecular weight is 295 g/mol. The van der Waals surface area contributed by atoms with E-state index in [0.717, 1.165) is 15.6 Å². The SMILES string of the molecule is Cc1ccc(F)cc1OCc1cccc(Br)c1. The summed E-state index contributed by atoms with van der Waals surface area (Å²) in [5.74, 6) is 0.310. The van der Waals surface area contributed by atoms with E-state index in [-0.39, 0.29) is 5.82 Å². The monoisotopic (exact) mass is 294 g/mol. The third kappa shape index (κ3) is 3.30. The van der Waals surface area contributed by atoms with Crippen molar-refractivity contribution in [2.75, 3.05) is 0 Å². The highest BCUT2D eigenvalue weighted by molar-refractivity contribution is 9.10. The van der Waals surface area contributed by atoms with E-state index >= 15 is 0 Å². The van der Waals surface area contributed by atoms with Crippen LogP contribution in [-0.2, 0) is 6.61 Å². The summed E-state index contributed by atoms with van der Waals surface area (Å²) in [7, 11) is 0. The highest BCUT2D eigenvalue weighted by Gasteiger charge is 2.02. The zero-order chi connectivity index (χ0) is 12.3. The lowest BCUT2D eigenvalue weighted by Crippen LogP contribution is -1.97. The van der Waals surface area contributed by atoms with E-state index in [1.807, 2.05) is 31.2 Å². The summed E-state index contributed by atoms with van der Waals surface area (Å²) in [6, 6.07) is 12.4. The molecule has 0 fully saturated rings. The van der Waals surface area contributed by atoms with Crippen LogP contribution >= 0.6 is 15.9 Å². The number of hydrogen-bond acceptors (Lipinski definition) is 1. The van der Waals surface area contributed by atoms with Crippen molar-refractivity contribution in [2.24, 2.45) is 0 Å². The standard InChI is InChI=1S/C14H12BrFO/c1-10-5-6-13(16)8-14(10)17-9-11-3-2-4-12(15)7-11/h2-8H,9H2,1H3. The quantitative estimate of drug-likeness (QED) is 0.811. The Kier molecular flexibility index (Phi) is 3.79. The highest BCUT2D eigenvalue weighted by atomic mass is 79.9. The summed E-state index contributed by atoms with van der Waals surface area (Å²) in [6.07, 6.45) is 0. The Morgan fingerprint density at radius 3 is 2.76 bits per heavy atom. The molecule has 0 saturated carbocycles. The van der Waals surface area contributed by atoms with Crippen LogP contribution in [0.3, 0.4) is 0 Å². The normalized spacial score (nSPS) is 10.3. The van der Waals surface area contributed by atoms with Gasteiger partial charge in [0.2, 0.25) is 0 Å². The van der Waals surface area contributed by atoms with Crippen LogP contribution in [0.4, 0.5) is 4.39 Å². The first kappa shape index (κ1) is 12.1. The summed E-state index contributed by atoms with van der Waals surface area (Å²) in [5, 5.41) is 0. The van der Waals surface area contributed by atoms with E-state index in [1.54, 1.807) is 6.07 Å². The summed E-state index contributed by atoms with van der Waals surface area (Å²) in [6.45, 7) is 2.33. The summed E-state index contributed by atoms with van der Waals surface area (Å²) >= 11 is 3.40. The van der Waals surface area contributed by atoms with Crippen molar-refractivity contribution in [1.82, 2.24) is 0 Å². The smallest absolute Gasteiger partial charge is 0.126 e. The summed E-state index contributed by atoms with van der Waals surface area (Å²) in [4.78, 5) is 0. The molecule has 0 aromatic heterocycles. The van der Waals surface area contributed by atoms with Crippen LogP contribution in [0.2, 0.25) is 0 Å². The number of benzene rings is 2. The second kappa shape index (κ2) is 5.32. The molecule has 88 valence electrons. The first-order valence-electron chi connectivity index (χ1n) is 5.28. The van der Waals surface area contributed by atoms with Gasteiger partial charge in [0.1, 0.15) is 18.2 Å². The molecule has 0 aliphatic carbocycles. The molecule has 0 unspecified atom stereocenters. The van der Waals surface area contributed by atoms with Gasteiger partial charge < -0.3 is 4.74 Å². The van der Waals surface area contributed by atoms with Crippen LogP contribution in [0.5, 0.6) is 5.75 Å². The van der Waals surface area contributed by atoms with E-state index in [9.17, 15) is 4.39 Å². The fourth-order valence-electron chi connectivity index (χ4n) is 1.52. The van der Waals surface area contributed by atoms with Crippen LogP contribution in [-0.4, -0.2) is 0 Å². The Bertz CT molecular complexity index is 525. The van der Waals surface area contributed by atoms with Crippen LogP contribution in [0.15, 0.2) is 46.9 Å². The predicted octanol–water partition coefficient (Wildman–Crippen LogP) is 4.48. The van der Waals surface area contributed by atoms with E-state index in [4.69, 9.17) is 4.74 Å². The molecule has 0 spiro atoms. The van der Waals surface area contributed by atoms with E-state index in [0.29, 0.717) is 12.4 Å². The second-order valence-electron chi connectivity index (χ2n) is 3.83. The van der Waals surface area contributed by atoms with Crippen molar-refractivity contribution in [1.29, 1.82) is 0 Å². The molecule has 0 heterocycles. The van der Waals surface area contributed by atoms with Gasteiger partial charge in [-0.2, -0.15) is 0 Å². The van der Waals surface area contributed by atoms with Crippen molar-refractivity contribution < 1.29 is 9.13 Å². The fraction of sp³-hybridized carbons (Fsp3) is 0.143. The predicted molar refractivity (Wildman–Crippen MR) is 69.6 cm³/mol. The molecule has 0 aliphatic rings. The fourth-order valence-corrected chi connectivity index (χ4v) is 1.96. The molecule has 0 radical (unpaired) electrons. The van der Waals surface area contributed by atoms with Crippen molar-refractivity contribution in [3.8, 4) is 5.75 Å². The van der Waals surface area contributed by atoms with Gasteiger partial charge in [-0.15, -0.1) is 0 Å². The minimum Gasteiger partial charge on any atom is -0.489 e. The largest absolute Gasteiger partial charge is 0.489 e. The number of ether oxygens (including phenoxy) is 1. The Balaban J connectivity index is 2.09. The third-order valence-corrected chi connectivity index (χ3v) is 2.93. The molecule has 2 aromatic carbocycles. The number of rotatable bonds is 3. The Morgan fingerprint density at radius 1 is 1.18 bits per heavy atom. The molecular weight excluding hydrogens is 283 g/mol. The van der Waals surface area contributed by atoms with Crippen molar-refractivity contribution in [2.45, 2.75) is 13.5 Å². The highest BCUT2D eigenvalue weighted by Crippen LogP contribution is 2.20. The molecule has 17 heavy (non-hydrogen) atoms. The molecular formula is C14H12BrFO. The Labute approximate surface area is 108 Å². The number of halogens is 2. The lowest BCUT2D eigenvalue weighted by molar-refractivity contribution is 0.302. The maximum atomic E-state index is 13.0. The Morgan fingerprint density at radius 2 is 2.00 bits per heavy atom. The molecule has 3 heteroatoms. The third-order valence-electron chi connectivity index (χ3n) is 2.43. The first-order chi connectivity index (χ1) is 8.15. The molecule has 2 rings (SSSR count). The number of aryl methyl sites for hydroxylation is 1. The maximum absolute atomic E-state index is 13.0. The first-order valence-corrected chi connectivity index (χ1v) is 6.08. The summed E-state index contributed by atoms with van der Waals surface area (Å²) in [5.41, 5.74) is 1.98. The van der Waals surface area contributed by atoms with Gasteiger partial charge in [-0.25, -0.2) is 4.39 Å². The molecule has 2 aromatic rings. The van der Waals surface area contributed by atoms with E-state index in [2.05, 4.69) is 15.9 Å². The minimum atomic E-state index is -0.278. The number of hydrogen-bond donors (Lipinski definition) is 0. The molecule has 0 atom stereocenters. The summed E-state index contributed by atoms with van der Waals surface area (Å²) < 4.78 is 19.7. The van der Waals surface area contributed by atoms with Crippen LogP contribution in [0.25, 0.3) is 0 Å². The van der Waals surface area contributed by atoms with Crippen LogP contribution in [0, 0.1) is 12.7 Å². The van der Waals surface area contributed by atoms with Gasteiger partial charge in [-0.3, -0.25) is 0 Å². The maximum Gasteiger partial charge on any atom is 0.126 e. The average Bonchev–Trinajstić information content (AvgIpc) is 2.30. The lowest BCUT2D eigenvalue weighted by Gasteiger charge is -2.09. The van der Waals surface area contributed by atoms with Gasteiger partial charge in [0.15, 0.2) is 0 Å². The van der Waals surface area contributed by atoms with Crippen LogP contribution < -0.4 is 4.74 Å². The lowest BCUT2D eigenvalue weighted by atomic mass is 10.2. The molecule has 0 bridgehead atoms. The second-order valence-corrected chi connectivity index (χ2v) is 4.74. The van der Waals surface area contributed by atoms with Gasteiger partial charge >= 0.3 is 0 Å². The van der Waals surface area contributed by atoms with Gasteiger partial charge in [0, 0.05) is 10.5 Å². The van der Waals surface area contributed by atoms with Crippen molar-refractivity contribution >= 4 is 15.9 Å². The zero-order valence-corrected chi connectivity index (χ0v) is 11.0. The molecule has 0 saturated heterocycles. The van der Waals surface area contributed by atoms with Gasteiger partial charge in [-0.05, 0) is 36.2 Å². The Hall–Kier alpha value is -1.35. The van der Waals surface area contributed by atoms with Gasteiger partial charge in [0.25, 0.3) is 0 Å². The van der Waals surface area contributed by atoms with E-state index in [1.165, 1.54) is 12.1 Å².